The highest BCUT2D eigenvalue weighted by Crippen LogP contribution is 2.14. The molecule has 3 amide bonds. The fourth-order valence-corrected chi connectivity index (χ4v) is 2.88. The Morgan fingerprint density at radius 1 is 0.867 bits per heavy atom. The SMILES string of the molecule is CC(C)CC(=O)NC(C(=O)NCCNC(=O)Cc1ccc(F)cc1)c1ccccc1. The topological polar surface area (TPSA) is 87.3 Å². The Labute approximate surface area is 176 Å². The minimum atomic E-state index is -0.799. The highest BCUT2D eigenvalue weighted by molar-refractivity contribution is 5.88. The van der Waals surface area contributed by atoms with Gasteiger partial charge in [0, 0.05) is 19.5 Å². The van der Waals surface area contributed by atoms with Crippen LogP contribution in [0.25, 0.3) is 0 Å². The summed E-state index contributed by atoms with van der Waals surface area (Å²) in [5.41, 5.74) is 1.39. The lowest BCUT2D eigenvalue weighted by molar-refractivity contribution is -0.129. The second kappa shape index (κ2) is 11.7. The first-order chi connectivity index (χ1) is 14.3. The van der Waals surface area contributed by atoms with E-state index in [1.54, 1.807) is 36.4 Å². The molecule has 3 N–H and O–H groups in total. The van der Waals surface area contributed by atoms with Crippen molar-refractivity contribution in [1.82, 2.24) is 16.0 Å². The molecule has 2 rings (SSSR count). The van der Waals surface area contributed by atoms with Gasteiger partial charge in [-0.15, -0.1) is 0 Å². The Morgan fingerprint density at radius 2 is 1.50 bits per heavy atom. The summed E-state index contributed by atoms with van der Waals surface area (Å²) >= 11 is 0. The highest BCUT2D eigenvalue weighted by Gasteiger charge is 2.22. The van der Waals surface area contributed by atoms with Gasteiger partial charge in [-0.1, -0.05) is 56.3 Å². The smallest absolute Gasteiger partial charge is 0.247 e. The molecule has 2 aromatic rings. The summed E-state index contributed by atoms with van der Waals surface area (Å²) < 4.78 is 12.9. The van der Waals surface area contributed by atoms with Crippen LogP contribution in [-0.2, 0) is 20.8 Å². The third-order valence-corrected chi connectivity index (χ3v) is 4.32. The van der Waals surface area contributed by atoms with Crippen LogP contribution in [0.3, 0.4) is 0 Å². The predicted molar refractivity (Wildman–Crippen MR) is 113 cm³/mol. The largest absolute Gasteiger partial charge is 0.354 e. The van der Waals surface area contributed by atoms with Crippen molar-refractivity contribution in [3.05, 3.63) is 71.5 Å². The predicted octanol–water partition coefficient (Wildman–Crippen LogP) is 2.50. The van der Waals surface area contributed by atoms with Crippen molar-refractivity contribution in [2.45, 2.75) is 32.7 Å². The van der Waals surface area contributed by atoms with Gasteiger partial charge in [0.1, 0.15) is 11.9 Å². The molecule has 7 heteroatoms. The normalized spacial score (nSPS) is 11.6. The van der Waals surface area contributed by atoms with Crippen LogP contribution in [0.5, 0.6) is 0 Å². The zero-order chi connectivity index (χ0) is 21.9. The summed E-state index contributed by atoms with van der Waals surface area (Å²) in [5, 5.41) is 8.24. The van der Waals surface area contributed by atoms with Crippen molar-refractivity contribution in [3.63, 3.8) is 0 Å². The minimum Gasteiger partial charge on any atom is -0.354 e. The van der Waals surface area contributed by atoms with Crippen molar-refractivity contribution >= 4 is 17.7 Å². The lowest BCUT2D eigenvalue weighted by atomic mass is 10.0. The molecule has 0 saturated carbocycles. The average Bonchev–Trinajstić information content (AvgIpc) is 2.71. The minimum absolute atomic E-state index is 0.131. The number of hydrogen-bond acceptors (Lipinski definition) is 3. The van der Waals surface area contributed by atoms with Crippen LogP contribution in [0.1, 0.15) is 37.4 Å². The van der Waals surface area contributed by atoms with Crippen LogP contribution in [-0.4, -0.2) is 30.8 Å². The summed E-state index contributed by atoms with van der Waals surface area (Å²) in [4.78, 5) is 36.8. The third-order valence-electron chi connectivity index (χ3n) is 4.32. The van der Waals surface area contributed by atoms with Crippen molar-refractivity contribution < 1.29 is 18.8 Å². The van der Waals surface area contributed by atoms with E-state index in [2.05, 4.69) is 16.0 Å². The van der Waals surface area contributed by atoms with Gasteiger partial charge in [0.15, 0.2) is 0 Å². The van der Waals surface area contributed by atoms with Gasteiger partial charge in [-0.25, -0.2) is 4.39 Å². The fraction of sp³-hybridized carbons (Fsp3) is 0.348. The number of halogens is 1. The molecular formula is C23H28FN3O3. The number of hydrogen-bond donors (Lipinski definition) is 3. The molecule has 0 radical (unpaired) electrons. The van der Waals surface area contributed by atoms with E-state index in [1.165, 1.54) is 12.1 Å². The summed E-state index contributed by atoms with van der Waals surface area (Å²) in [6.07, 6.45) is 0.460. The molecule has 0 aromatic heterocycles. The van der Waals surface area contributed by atoms with Gasteiger partial charge < -0.3 is 16.0 Å². The zero-order valence-corrected chi connectivity index (χ0v) is 17.3. The van der Waals surface area contributed by atoms with E-state index in [9.17, 15) is 18.8 Å². The monoisotopic (exact) mass is 413 g/mol. The van der Waals surface area contributed by atoms with E-state index in [1.807, 2.05) is 19.9 Å². The molecule has 0 aliphatic rings. The van der Waals surface area contributed by atoms with Gasteiger partial charge in [-0.3, -0.25) is 14.4 Å². The second-order valence-electron chi connectivity index (χ2n) is 7.45. The quantitative estimate of drug-likeness (QED) is 0.523. The Balaban J connectivity index is 1.83. The number of carbonyl (C=O) groups excluding carboxylic acids is 3. The van der Waals surface area contributed by atoms with Crippen LogP contribution in [0, 0.1) is 11.7 Å². The molecule has 6 nitrogen and oxygen atoms in total. The van der Waals surface area contributed by atoms with Gasteiger partial charge in [0.25, 0.3) is 0 Å². The molecule has 0 saturated heterocycles. The van der Waals surface area contributed by atoms with Gasteiger partial charge in [0.2, 0.25) is 17.7 Å². The average molecular weight is 413 g/mol. The molecule has 0 fully saturated rings. The first-order valence-electron chi connectivity index (χ1n) is 9.98. The molecule has 160 valence electrons. The van der Waals surface area contributed by atoms with Crippen LogP contribution < -0.4 is 16.0 Å². The highest BCUT2D eigenvalue weighted by atomic mass is 19.1. The summed E-state index contributed by atoms with van der Waals surface area (Å²) in [6, 6.07) is 13.9. The molecular weight excluding hydrogens is 385 g/mol. The van der Waals surface area contributed by atoms with Crippen LogP contribution in [0.4, 0.5) is 4.39 Å². The first kappa shape index (κ1) is 23.1. The van der Waals surface area contributed by atoms with Crippen LogP contribution in [0.2, 0.25) is 0 Å². The van der Waals surface area contributed by atoms with Gasteiger partial charge in [-0.2, -0.15) is 0 Å². The van der Waals surface area contributed by atoms with E-state index in [0.29, 0.717) is 17.5 Å². The molecule has 0 heterocycles. The van der Waals surface area contributed by atoms with E-state index < -0.39 is 6.04 Å². The van der Waals surface area contributed by atoms with Gasteiger partial charge in [0.05, 0.1) is 6.42 Å². The zero-order valence-electron chi connectivity index (χ0n) is 17.3. The Morgan fingerprint density at radius 3 is 2.13 bits per heavy atom. The molecule has 0 aliphatic heterocycles. The van der Waals surface area contributed by atoms with E-state index in [0.717, 1.165) is 0 Å². The molecule has 0 bridgehead atoms. The molecule has 0 spiro atoms. The maximum absolute atomic E-state index is 12.9. The second-order valence-corrected chi connectivity index (χ2v) is 7.45. The number of nitrogens with one attached hydrogen (secondary N) is 3. The number of benzene rings is 2. The maximum Gasteiger partial charge on any atom is 0.247 e. The van der Waals surface area contributed by atoms with E-state index in [4.69, 9.17) is 0 Å². The van der Waals surface area contributed by atoms with Crippen molar-refractivity contribution in [3.8, 4) is 0 Å². The first-order valence-corrected chi connectivity index (χ1v) is 9.98. The summed E-state index contributed by atoms with van der Waals surface area (Å²) in [7, 11) is 0. The van der Waals surface area contributed by atoms with Gasteiger partial charge >= 0.3 is 0 Å². The van der Waals surface area contributed by atoms with E-state index >= 15 is 0 Å². The maximum atomic E-state index is 12.9. The fourth-order valence-electron chi connectivity index (χ4n) is 2.88. The summed E-state index contributed by atoms with van der Waals surface area (Å²) in [5.74, 6) is -0.926. The molecule has 1 unspecified atom stereocenters. The van der Waals surface area contributed by atoms with Gasteiger partial charge in [-0.05, 0) is 29.2 Å². The lowest BCUT2D eigenvalue weighted by Crippen LogP contribution is -2.43. The summed E-state index contributed by atoms with van der Waals surface area (Å²) in [6.45, 7) is 4.34. The van der Waals surface area contributed by atoms with Crippen molar-refractivity contribution in [1.29, 1.82) is 0 Å². The number of carbonyl (C=O) groups is 3. The Hall–Kier alpha value is -3.22. The molecule has 0 aliphatic carbocycles. The number of rotatable bonds is 10. The molecule has 2 aromatic carbocycles. The van der Waals surface area contributed by atoms with Crippen LogP contribution in [0.15, 0.2) is 54.6 Å². The Bertz CT molecular complexity index is 839. The van der Waals surface area contributed by atoms with Crippen molar-refractivity contribution in [2.24, 2.45) is 5.92 Å². The standard InChI is InChI=1S/C23H28FN3O3/c1-16(2)14-21(29)27-22(18-6-4-3-5-7-18)23(30)26-13-12-25-20(28)15-17-8-10-19(24)11-9-17/h3-11,16,22H,12-15H2,1-2H3,(H,25,28)(H,26,30)(H,27,29). The lowest BCUT2D eigenvalue weighted by Gasteiger charge is -2.19. The van der Waals surface area contributed by atoms with Crippen molar-refractivity contribution in [2.75, 3.05) is 13.1 Å². The van der Waals surface area contributed by atoms with E-state index in [-0.39, 0.29) is 49.0 Å². The number of amides is 3. The van der Waals surface area contributed by atoms with Crippen LogP contribution >= 0.6 is 0 Å². The molecule has 30 heavy (non-hydrogen) atoms. The third kappa shape index (κ3) is 8.03. The Kier molecular flexibility index (Phi) is 9.00. The molecule has 1 atom stereocenters.